The molecule has 2 aliphatic heterocycles. The van der Waals surface area contributed by atoms with Crippen LogP contribution in [0, 0.1) is 11.7 Å². The molecule has 1 N–H and O–H groups in total. The number of amides is 2. The van der Waals surface area contributed by atoms with Crippen LogP contribution in [0.2, 0.25) is 5.02 Å². The van der Waals surface area contributed by atoms with Crippen LogP contribution in [-0.2, 0) is 19.7 Å². The first kappa shape index (κ1) is 20.8. The SMILES string of the molecule is O=C(NCC1(c2ccc(F)cc2)CCOCC1)C1CC(=O)N(c2cccc(Cl)c2)C1. The molecule has 0 bridgehead atoms. The number of anilines is 1. The summed E-state index contributed by atoms with van der Waals surface area (Å²) in [6.07, 6.45) is 1.67. The highest BCUT2D eigenvalue weighted by Crippen LogP contribution is 2.35. The number of halogens is 2. The Kier molecular flexibility index (Phi) is 6.06. The zero-order chi connectivity index (χ0) is 21.1. The van der Waals surface area contributed by atoms with Gasteiger partial charge in [-0.15, -0.1) is 0 Å². The summed E-state index contributed by atoms with van der Waals surface area (Å²) in [7, 11) is 0. The van der Waals surface area contributed by atoms with E-state index in [2.05, 4.69) is 5.32 Å². The van der Waals surface area contributed by atoms with E-state index in [1.807, 2.05) is 6.07 Å². The summed E-state index contributed by atoms with van der Waals surface area (Å²) in [4.78, 5) is 27.0. The van der Waals surface area contributed by atoms with Crippen LogP contribution in [-0.4, -0.2) is 38.1 Å². The molecule has 0 aromatic heterocycles. The second-order valence-electron chi connectivity index (χ2n) is 8.00. The summed E-state index contributed by atoms with van der Waals surface area (Å²) in [5.74, 6) is -0.922. The van der Waals surface area contributed by atoms with Gasteiger partial charge in [-0.2, -0.15) is 0 Å². The van der Waals surface area contributed by atoms with Crippen molar-refractivity contribution < 1.29 is 18.7 Å². The second kappa shape index (κ2) is 8.74. The van der Waals surface area contributed by atoms with E-state index in [1.165, 1.54) is 12.1 Å². The van der Waals surface area contributed by atoms with Crippen LogP contribution in [0.5, 0.6) is 0 Å². The van der Waals surface area contributed by atoms with E-state index in [0.29, 0.717) is 37.0 Å². The molecule has 2 aliphatic rings. The van der Waals surface area contributed by atoms with Crippen LogP contribution in [0.15, 0.2) is 48.5 Å². The molecule has 158 valence electrons. The molecule has 0 saturated carbocycles. The van der Waals surface area contributed by atoms with Gasteiger partial charge in [0.1, 0.15) is 5.82 Å². The molecule has 2 amide bonds. The van der Waals surface area contributed by atoms with Crippen LogP contribution >= 0.6 is 11.6 Å². The standard InChI is InChI=1S/C23H24ClFN2O3/c24-18-2-1-3-20(13-18)27-14-16(12-21(27)28)22(29)26-15-23(8-10-30-11-9-23)17-4-6-19(25)7-5-17/h1-7,13,16H,8-12,14-15H2,(H,26,29). The highest BCUT2D eigenvalue weighted by molar-refractivity contribution is 6.31. The monoisotopic (exact) mass is 430 g/mol. The largest absolute Gasteiger partial charge is 0.381 e. The van der Waals surface area contributed by atoms with Gasteiger partial charge in [-0.05, 0) is 48.7 Å². The van der Waals surface area contributed by atoms with Gasteiger partial charge >= 0.3 is 0 Å². The maximum atomic E-state index is 13.4. The number of nitrogens with zero attached hydrogens (tertiary/aromatic N) is 1. The molecule has 2 fully saturated rings. The third-order valence-corrected chi connectivity index (χ3v) is 6.36. The smallest absolute Gasteiger partial charge is 0.227 e. The van der Waals surface area contributed by atoms with Gasteiger partial charge in [0.2, 0.25) is 11.8 Å². The fourth-order valence-corrected chi connectivity index (χ4v) is 4.50. The Morgan fingerprint density at radius 3 is 2.63 bits per heavy atom. The third-order valence-electron chi connectivity index (χ3n) is 6.12. The zero-order valence-electron chi connectivity index (χ0n) is 16.6. The summed E-state index contributed by atoms with van der Waals surface area (Å²) in [6, 6.07) is 13.6. The predicted octanol–water partition coefficient (Wildman–Crippen LogP) is 3.70. The lowest BCUT2D eigenvalue weighted by molar-refractivity contribution is -0.126. The molecule has 0 radical (unpaired) electrons. The van der Waals surface area contributed by atoms with E-state index < -0.39 is 5.92 Å². The van der Waals surface area contributed by atoms with E-state index in [-0.39, 0.29) is 29.5 Å². The van der Waals surface area contributed by atoms with E-state index in [0.717, 1.165) is 18.4 Å². The number of carbonyl (C=O) groups excluding carboxylic acids is 2. The molecule has 2 saturated heterocycles. The molecule has 2 aromatic rings. The number of carbonyl (C=O) groups is 2. The van der Waals surface area contributed by atoms with E-state index in [1.54, 1.807) is 35.2 Å². The molecule has 0 spiro atoms. The lowest BCUT2D eigenvalue weighted by Gasteiger charge is -2.38. The van der Waals surface area contributed by atoms with Gasteiger partial charge < -0.3 is 15.0 Å². The minimum atomic E-state index is -0.415. The molecule has 4 rings (SSSR count). The highest BCUT2D eigenvalue weighted by Gasteiger charge is 2.38. The average Bonchev–Trinajstić information content (AvgIpc) is 3.15. The number of benzene rings is 2. The van der Waals surface area contributed by atoms with Crippen molar-refractivity contribution in [3.8, 4) is 0 Å². The second-order valence-corrected chi connectivity index (χ2v) is 8.44. The van der Waals surface area contributed by atoms with Gasteiger partial charge in [-0.25, -0.2) is 4.39 Å². The quantitative estimate of drug-likeness (QED) is 0.786. The number of hydrogen-bond donors (Lipinski definition) is 1. The maximum Gasteiger partial charge on any atom is 0.227 e. The van der Waals surface area contributed by atoms with Crippen LogP contribution in [0.1, 0.15) is 24.8 Å². The molecular formula is C23H24ClFN2O3. The molecule has 2 heterocycles. The van der Waals surface area contributed by atoms with Crippen molar-refractivity contribution in [3.63, 3.8) is 0 Å². The van der Waals surface area contributed by atoms with Gasteiger partial charge in [-0.3, -0.25) is 9.59 Å². The molecule has 7 heteroatoms. The molecule has 2 aromatic carbocycles. The Morgan fingerprint density at radius 1 is 1.20 bits per heavy atom. The first-order valence-electron chi connectivity index (χ1n) is 10.1. The normalized spacial score (nSPS) is 20.9. The van der Waals surface area contributed by atoms with Crippen LogP contribution in [0.4, 0.5) is 10.1 Å². The first-order valence-corrected chi connectivity index (χ1v) is 10.5. The summed E-state index contributed by atoms with van der Waals surface area (Å²) in [6.45, 7) is 1.95. The van der Waals surface area contributed by atoms with Gasteiger partial charge in [-0.1, -0.05) is 29.8 Å². The fraction of sp³-hybridized carbons (Fsp3) is 0.391. The van der Waals surface area contributed by atoms with Crippen LogP contribution in [0.3, 0.4) is 0 Å². The minimum Gasteiger partial charge on any atom is -0.381 e. The van der Waals surface area contributed by atoms with Crippen LogP contribution < -0.4 is 10.2 Å². The summed E-state index contributed by atoms with van der Waals surface area (Å²) in [5, 5.41) is 3.61. The molecule has 5 nitrogen and oxygen atoms in total. The molecule has 30 heavy (non-hydrogen) atoms. The molecule has 1 atom stereocenters. The van der Waals surface area contributed by atoms with Gasteiger partial charge in [0.05, 0.1) is 5.92 Å². The average molecular weight is 431 g/mol. The van der Waals surface area contributed by atoms with Crippen molar-refractivity contribution in [2.24, 2.45) is 5.92 Å². The van der Waals surface area contributed by atoms with Crippen molar-refractivity contribution >= 4 is 29.1 Å². The Hall–Kier alpha value is -2.44. The third kappa shape index (κ3) is 4.35. The van der Waals surface area contributed by atoms with Crippen molar-refractivity contribution in [3.05, 3.63) is 64.9 Å². The predicted molar refractivity (Wildman–Crippen MR) is 113 cm³/mol. The lowest BCUT2D eigenvalue weighted by atomic mass is 9.74. The highest BCUT2D eigenvalue weighted by atomic mass is 35.5. The Morgan fingerprint density at radius 2 is 1.93 bits per heavy atom. The van der Waals surface area contributed by atoms with Crippen molar-refractivity contribution in [2.45, 2.75) is 24.7 Å². The summed E-state index contributed by atoms with van der Waals surface area (Å²) in [5.41, 5.74) is 1.40. The number of nitrogens with one attached hydrogen (secondary N) is 1. The number of rotatable bonds is 5. The molecule has 0 aliphatic carbocycles. The molecular weight excluding hydrogens is 407 g/mol. The van der Waals surface area contributed by atoms with E-state index >= 15 is 0 Å². The van der Waals surface area contributed by atoms with Gasteiger partial charge in [0, 0.05) is 48.8 Å². The van der Waals surface area contributed by atoms with Gasteiger partial charge in [0.25, 0.3) is 0 Å². The minimum absolute atomic E-state index is 0.0864. The Labute approximate surface area is 180 Å². The van der Waals surface area contributed by atoms with E-state index in [9.17, 15) is 14.0 Å². The number of hydrogen-bond acceptors (Lipinski definition) is 3. The van der Waals surface area contributed by atoms with Crippen molar-refractivity contribution in [2.75, 3.05) is 31.2 Å². The Bertz CT molecular complexity index is 928. The Balaban J connectivity index is 1.44. The maximum absolute atomic E-state index is 13.4. The molecule has 1 unspecified atom stereocenters. The summed E-state index contributed by atoms with van der Waals surface area (Å²) < 4.78 is 18.9. The topological polar surface area (TPSA) is 58.6 Å². The number of ether oxygens (including phenoxy) is 1. The van der Waals surface area contributed by atoms with Crippen molar-refractivity contribution in [1.29, 1.82) is 0 Å². The van der Waals surface area contributed by atoms with E-state index in [4.69, 9.17) is 16.3 Å². The summed E-state index contributed by atoms with van der Waals surface area (Å²) >= 11 is 6.04. The zero-order valence-corrected chi connectivity index (χ0v) is 17.3. The first-order chi connectivity index (χ1) is 14.5. The van der Waals surface area contributed by atoms with Crippen molar-refractivity contribution in [1.82, 2.24) is 5.32 Å². The lowest BCUT2D eigenvalue weighted by Crippen LogP contribution is -2.46. The van der Waals surface area contributed by atoms with Crippen LogP contribution in [0.25, 0.3) is 0 Å². The van der Waals surface area contributed by atoms with Gasteiger partial charge in [0.15, 0.2) is 0 Å². The fourth-order valence-electron chi connectivity index (χ4n) is 4.31.